The Morgan fingerprint density at radius 3 is 2.50 bits per heavy atom. The predicted octanol–water partition coefficient (Wildman–Crippen LogP) is 3.74. The van der Waals surface area contributed by atoms with Gasteiger partial charge in [-0.25, -0.2) is 13.2 Å². The Labute approximate surface area is 178 Å². The number of phenols is 1. The van der Waals surface area contributed by atoms with Crippen molar-refractivity contribution in [2.75, 3.05) is 11.1 Å². The molecule has 0 atom stereocenters. The van der Waals surface area contributed by atoms with Crippen molar-refractivity contribution in [1.29, 1.82) is 0 Å². The lowest BCUT2D eigenvalue weighted by Gasteiger charge is -2.25. The number of sulfone groups is 1. The molecular weight excluding hydrogens is 434 g/mol. The molecule has 0 heterocycles. The summed E-state index contributed by atoms with van der Waals surface area (Å²) in [6.45, 7) is 1.63. The topological polar surface area (TPSA) is 130 Å². The molecule has 2 aromatic carbocycles. The van der Waals surface area contributed by atoms with Crippen LogP contribution in [0.2, 0.25) is 5.02 Å². The van der Waals surface area contributed by atoms with Crippen LogP contribution in [0, 0.1) is 12.8 Å². The zero-order valence-corrected chi connectivity index (χ0v) is 17.6. The Morgan fingerprint density at radius 2 is 1.93 bits per heavy atom. The lowest BCUT2D eigenvalue weighted by atomic mass is 9.87. The molecule has 1 fully saturated rings. The number of ether oxygens (including phenoxy) is 1. The third kappa shape index (κ3) is 4.85. The maximum Gasteiger partial charge on any atom is 0.394 e. The highest BCUT2D eigenvalue weighted by molar-refractivity contribution is 7.91. The number of hydrogen-bond acceptors (Lipinski definition) is 6. The number of phenolic OH excluding ortho intramolecular Hbond substituents is 1. The van der Waals surface area contributed by atoms with Gasteiger partial charge in [0.1, 0.15) is 22.1 Å². The number of nitrogens with one attached hydrogen (secondary N) is 1. The number of carboxylic acids is 1. The molecular formula is C20H20ClNO7S. The SMILES string of the molecule is Cc1cc(NC(=O)C(=O)O)cc(Cl)c1Oc1ccc(O)c(S(=O)(=O)CC2CCC2)c1. The number of halogens is 1. The summed E-state index contributed by atoms with van der Waals surface area (Å²) in [5, 5.41) is 21.0. The number of carboxylic acid groups (broad SMARTS) is 1. The summed E-state index contributed by atoms with van der Waals surface area (Å²) in [5.41, 5.74) is 0.655. The van der Waals surface area contributed by atoms with Gasteiger partial charge in [0.15, 0.2) is 9.84 Å². The van der Waals surface area contributed by atoms with Gasteiger partial charge in [-0.3, -0.25) is 4.79 Å². The molecule has 1 amide bonds. The Balaban J connectivity index is 1.86. The third-order valence-corrected chi connectivity index (χ3v) is 7.04. The highest BCUT2D eigenvalue weighted by Crippen LogP contribution is 2.38. The maximum absolute atomic E-state index is 12.7. The number of benzene rings is 2. The minimum Gasteiger partial charge on any atom is -0.507 e. The second kappa shape index (κ2) is 8.53. The van der Waals surface area contributed by atoms with Crippen LogP contribution in [0.4, 0.5) is 5.69 Å². The van der Waals surface area contributed by atoms with Gasteiger partial charge >= 0.3 is 11.9 Å². The molecule has 0 radical (unpaired) electrons. The first-order valence-corrected chi connectivity index (χ1v) is 11.2. The van der Waals surface area contributed by atoms with Crippen LogP contribution in [-0.4, -0.2) is 36.3 Å². The van der Waals surface area contributed by atoms with Gasteiger partial charge in [-0.05, 0) is 55.5 Å². The molecule has 8 nitrogen and oxygen atoms in total. The lowest BCUT2D eigenvalue weighted by molar-refractivity contribution is -0.147. The molecule has 0 saturated heterocycles. The van der Waals surface area contributed by atoms with Crippen LogP contribution in [0.1, 0.15) is 24.8 Å². The molecule has 0 aromatic heterocycles. The molecule has 3 rings (SSSR count). The number of rotatable bonds is 6. The van der Waals surface area contributed by atoms with E-state index in [2.05, 4.69) is 5.32 Å². The standard InChI is InChI=1S/C20H20ClNO7S/c1-11-7-13(22-19(24)20(25)26)8-15(21)18(11)29-14-5-6-16(23)17(9-14)30(27,28)10-12-3-2-4-12/h5-9,12,23H,2-4,10H2,1H3,(H,22,24)(H,25,26). The Kier molecular flexibility index (Phi) is 6.23. The van der Waals surface area contributed by atoms with Crippen molar-refractivity contribution >= 4 is 39.0 Å². The smallest absolute Gasteiger partial charge is 0.394 e. The molecule has 3 N–H and O–H groups in total. The van der Waals surface area contributed by atoms with Crippen LogP contribution in [0.25, 0.3) is 0 Å². The second-order valence-corrected chi connectivity index (χ2v) is 9.58. The monoisotopic (exact) mass is 453 g/mol. The number of hydrogen-bond donors (Lipinski definition) is 3. The van der Waals surface area contributed by atoms with E-state index in [0.717, 1.165) is 19.3 Å². The van der Waals surface area contributed by atoms with E-state index >= 15 is 0 Å². The van der Waals surface area contributed by atoms with E-state index in [9.17, 15) is 23.1 Å². The first-order valence-electron chi connectivity index (χ1n) is 9.15. The first kappa shape index (κ1) is 21.9. The van der Waals surface area contributed by atoms with Gasteiger partial charge in [0.05, 0.1) is 10.8 Å². The first-order chi connectivity index (χ1) is 14.1. The van der Waals surface area contributed by atoms with Gasteiger partial charge in [-0.1, -0.05) is 18.0 Å². The lowest BCUT2D eigenvalue weighted by Crippen LogP contribution is -2.22. The highest BCUT2D eigenvalue weighted by atomic mass is 35.5. The minimum atomic E-state index is -3.68. The number of aromatic hydroxyl groups is 1. The van der Waals surface area contributed by atoms with E-state index in [-0.39, 0.29) is 44.5 Å². The highest BCUT2D eigenvalue weighted by Gasteiger charge is 2.28. The molecule has 2 aromatic rings. The summed E-state index contributed by atoms with van der Waals surface area (Å²) in [6.07, 6.45) is 2.72. The van der Waals surface area contributed by atoms with Gasteiger partial charge in [0.25, 0.3) is 0 Å². The number of aryl methyl sites for hydroxylation is 1. The molecule has 1 aliphatic carbocycles. The van der Waals surface area contributed by atoms with Crippen molar-refractivity contribution in [3.8, 4) is 17.2 Å². The zero-order valence-electron chi connectivity index (χ0n) is 16.0. The van der Waals surface area contributed by atoms with Crippen LogP contribution in [0.5, 0.6) is 17.2 Å². The molecule has 0 unspecified atom stereocenters. The van der Waals surface area contributed by atoms with E-state index in [1.807, 2.05) is 0 Å². The van der Waals surface area contributed by atoms with Gasteiger partial charge in [0, 0.05) is 11.8 Å². The van der Waals surface area contributed by atoms with E-state index in [0.29, 0.717) is 5.56 Å². The number of aliphatic carboxylic acids is 1. The van der Waals surface area contributed by atoms with Crippen LogP contribution in [0.3, 0.4) is 0 Å². The normalized spacial score (nSPS) is 14.1. The van der Waals surface area contributed by atoms with Crippen LogP contribution >= 0.6 is 11.6 Å². The van der Waals surface area contributed by atoms with Gasteiger partial charge in [0.2, 0.25) is 0 Å². The van der Waals surface area contributed by atoms with Crippen LogP contribution < -0.4 is 10.1 Å². The Hall–Kier alpha value is -2.78. The van der Waals surface area contributed by atoms with Crippen LogP contribution in [-0.2, 0) is 19.4 Å². The molecule has 0 aliphatic heterocycles. The summed E-state index contributed by atoms with van der Waals surface area (Å²) < 4.78 is 31.1. The van der Waals surface area contributed by atoms with E-state index < -0.39 is 21.7 Å². The van der Waals surface area contributed by atoms with Crippen molar-refractivity contribution in [3.05, 3.63) is 40.9 Å². The Bertz CT molecular complexity index is 1090. The summed E-state index contributed by atoms with van der Waals surface area (Å²) in [4.78, 5) is 21.8. The molecule has 1 saturated carbocycles. The molecule has 10 heteroatoms. The van der Waals surface area contributed by atoms with Crippen molar-refractivity contribution in [1.82, 2.24) is 0 Å². The van der Waals surface area contributed by atoms with Crippen molar-refractivity contribution in [2.45, 2.75) is 31.1 Å². The zero-order chi connectivity index (χ0) is 22.1. The number of carbonyl (C=O) groups is 2. The Morgan fingerprint density at radius 1 is 1.23 bits per heavy atom. The summed E-state index contributed by atoms with van der Waals surface area (Å²) in [7, 11) is -3.68. The van der Waals surface area contributed by atoms with E-state index in [4.69, 9.17) is 21.4 Å². The number of carbonyl (C=O) groups excluding carboxylic acids is 1. The average Bonchev–Trinajstić information content (AvgIpc) is 2.62. The third-order valence-electron chi connectivity index (χ3n) is 4.85. The fourth-order valence-electron chi connectivity index (χ4n) is 3.10. The molecule has 0 bridgehead atoms. The molecule has 0 spiro atoms. The van der Waals surface area contributed by atoms with Gasteiger partial charge in [-0.15, -0.1) is 0 Å². The van der Waals surface area contributed by atoms with E-state index in [1.165, 1.54) is 30.3 Å². The summed E-state index contributed by atoms with van der Waals surface area (Å²) in [5.74, 6) is -2.75. The molecule has 1 aliphatic rings. The molecule has 160 valence electrons. The molecule has 30 heavy (non-hydrogen) atoms. The number of anilines is 1. The number of amides is 1. The van der Waals surface area contributed by atoms with Crippen molar-refractivity contribution in [2.24, 2.45) is 5.92 Å². The van der Waals surface area contributed by atoms with Crippen molar-refractivity contribution in [3.63, 3.8) is 0 Å². The fourth-order valence-corrected chi connectivity index (χ4v) is 5.22. The second-order valence-electron chi connectivity index (χ2n) is 7.17. The maximum atomic E-state index is 12.7. The fraction of sp³-hybridized carbons (Fsp3) is 0.300. The minimum absolute atomic E-state index is 0.0260. The van der Waals surface area contributed by atoms with E-state index in [1.54, 1.807) is 6.92 Å². The summed E-state index contributed by atoms with van der Waals surface area (Å²) >= 11 is 6.21. The largest absolute Gasteiger partial charge is 0.507 e. The van der Waals surface area contributed by atoms with Crippen LogP contribution in [0.15, 0.2) is 35.2 Å². The average molecular weight is 454 g/mol. The van der Waals surface area contributed by atoms with Gasteiger partial charge in [-0.2, -0.15) is 0 Å². The van der Waals surface area contributed by atoms with Gasteiger partial charge < -0.3 is 20.3 Å². The predicted molar refractivity (Wildman–Crippen MR) is 110 cm³/mol. The quantitative estimate of drug-likeness (QED) is 0.568. The van der Waals surface area contributed by atoms with Crippen molar-refractivity contribution < 1.29 is 33.0 Å². The summed E-state index contributed by atoms with van der Waals surface area (Å²) in [6, 6.07) is 6.69.